The van der Waals surface area contributed by atoms with Crippen LogP contribution in [0.5, 0.6) is 0 Å². The summed E-state index contributed by atoms with van der Waals surface area (Å²) in [6.45, 7) is 5.90. The lowest BCUT2D eigenvalue weighted by Gasteiger charge is -2.03. The number of hydrogen-bond acceptors (Lipinski definition) is 2. The summed E-state index contributed by atoms with van der Waals surface area (Å²) < 4.78 is 0. The fourth-order valence-electron chi connectivity index (χ4n) is 0.992. The largest absolute Gasteiger partial charge is 0.530 e. The van der Waals surface area contributed by atoms with Gasteiger partial charge in [0, 0.05) is 6.54 Å². The molecule has 0 aromatic heterocycles. The fraction of sp³-hybridized carbons (Fsp3) is 0.909. The van der Waals surface area contributed by atoms with Crippen molar-refractivity contribution < 1.29 is 15.6 Å². The van der Waals surface area contributed by atoms with Gasteiger partial charge in [-0.05, 0) is 19.3 Å². The smallest absolute Gasteiger partial charge is 0.134 e. The molecule has 0 bridgehead atoms. The first-order valence-electron chi connectivity index (χ1n) is 5.93. The van der Waals surface area contributed by atoms with Crippen LogP contribution in [0.25, 0.3) is 0 Å². The van der Waals surface area contributed by atoms with Gasteiger partial charge in [-0.25, -0.2) is 0 Å². The highest BCUT2D eigenvalue weighted by molar-refractivity contribution is 5.61. The maximum Gasteiger partial charge on any atom is 0.134 e. The highest BCUT2D eigenvalue weighted by Gasteiger charge is 1.83. The maximum atomic E-state index is 9.74. The molecule has 0 saturated carbocycles. The lowest BCUT2D eigenvalue weighted by atomic mass is 10.2. The minimum absolute atomic E-state index is 0.524. The standard InChI is InChI=1S/C6H13NO2.C5H13N/c1-2-3-4-5-7-6(8)9;1-2-3-4-5-6/h7H,2-5H2,1H3,(H,8,9);2-6H2,1H3. The van der Waals surface area contributed by atoms with Gasteiger partial charge >= 0.3 is 0 Å². The first-order valence-corrected chi connectivity index (χ1v) is 5.93. The molecule has 0 radical (unpaired) electrons. The van der Waals surface area contributed by atoms with Crippen molar-refractivity contribution in [3.63, 3.8) is 0 Å². The Kier molecular flexibility index (Phi) is 17.4. The van der Waals surface area contributed by atoms with Crippen LogP contribution in [-0.2, 0) is 0 Å². The molecule has 0 spiro atoms. The van der Waals surface area contributed by atoms with E-state index in [1.54, 1.807) is 0 Å². The summed E-state index contributed by atoms with van der Waals surface area (Å²) in [4.78, 5) is 9.74. The van der Waals surface area contributed by atoms with Crippen molar-refractivity contribution >= 4 is 6.09 Å². The summed E-state index contributed by atoms with van der Waals surface area (Å²) in [6, 6.07) is 0. The quantitative estimate of drug-likeness (QED) is 0.611. The molecule has 0 unspecified atom stereocenters. The predicted molar refractivity (Wildman–Crippen MR) is 60.2 cm³/mol. The second-order valence-corrected chi connectivity index (χ2v) is 3.48. The van der Waals surface area contributed by atoms with Gasteiger partial charge in [0.25, 0.3) is 0 Å². The molecule has 0 aromatic carbocycles. The van der Waals surface area contributed by atoms with Gasteiger partial charge in [-0.15, -0.1) is 0 Å². The average Bonchev–Trinajstić information content (AvgIpc) is 2.22. The number of hydrogen-bond donors (Lipinski definition) is 2. The minimum atomic E-state index is -1.17. The van der Waals surface area contributed by atoms with Crippen LogP contribution in [0.1, 0.15) is 52.4 Å². The minimum Gasteiger partial charge on any atom is -0.530 e. The first-order chi connectivity index (χ1) is 7.18. The molecule has 0 aliphatic rings. The van der Waals surface area contributed by atoms with Crippen LogP contribution in [0.15, 0.2) is 0 Å². The summed E-state index contributed by atoms with van der Waals surface area (Å²) in [6.07, 6.45) is 5.88. The molecule has 0 aromatic rings. The maximum absolute atomic E-state index is 9.74. The van der Waals surface area contributed by atoms with Crippen LogP contribution in [0.3, 0.4) is 0 Å². The zero-order chi connectivity index (χ0) is 11.9. The van der Waals surface area contributed by atoms with E-state index >= 15 is 0 Å². The van der Waals surface area contributed by atoms with E-state index in [1.807, 2.05) is 0 Å². The number of carboxylic acid groups (broad SMARTS) is 1. The van der Waals surface area contributed by atoms with Crippen molar-refractivity contribution in [2.75, 3.05) is 13.1 Å². The summed E-state index contributed by atoms with van der Waals surface area (Å²) >= 11 is 0. The van der Waals surface area contributed by atoms with E-state index in [0.29, 0.717) is 6.54 Å². The molecule has 0 fully saturated rings. The predicted octanol–water partition coefficient (Wildman–Crippen LogP) is 0.528. The van der Waals surface area contributed by atoms with E-state index in [9.17, 15) is 9.90 Å². The van der Waals surface area contributed by atoms with Crippen LogP contribution in [0, 0.1) is 0 Å². The van der Waals surface area contributed by atoms with Gasteiger partial charge in [-0.3, -0.25) is 0 Å². The van der Waals surface area contributed by atoms with Gasteiger partial charge in [0.2, 0.25) is 0 Å². The summed E-state index contributed by atoms with van der Waals surface area (Å²) in [5, 5.41) is 11.9. The molecular weight excluding hydrogens is 192 g/mol. The Bertz CT molecular complexity index is 126. The molecule has 0 aliphatic heterocycles. The lowest BCUT2D eigenvalue weighted by Crippen LogP contribution is -2.49. The molecular formula is C11H26N2O2. The van der Waals surface area contributed by atoms with E-state index in [-0.39, 0.29) is 0 Å². The Morgan fingerprint density at radius 3 is 2.00 bits per heavy atom. The monoisotopic (exact) mass is 218 g/mol. The van der Waals surface area contributed by atoms with Crippen LogP contribution < -0.4 is 16.2 Å². The molecule has 4 heteroatoms. The molecule has 0 atom stereocenters. The van der Waals surface area contributed by atoms with Gasteiger partial charge in [0.05, 0.1) is 6.54 Å². The zero-order valence-corrected chi connectivity index (χ0v) is 10.2. The molecule has 4 nitrogen and oxygen atoms in total. The summed E-state index contributed by atoms with van der Waals surface area (Å²) in [7, 11) is 0. The Hall–Kier alpha value is -0.770. The Labute approximate surface area is 93.2 Å². The van der Waals surface area contributed by atoms with Crippen LogP contribution >= 0.6 is 0 Å². The van der Waals surface area contributed by atoms with Gasteiger partial charge < -0.3 is 21.0 Å². The molecule has 92 valence electrons. The molecule has 0 heterocycles. The number of nitrogens with one attached hydrogen (secondary N) is 1. The number of carbonyl (C=O) groups excluding carboxylic acids is 1. The second kappa shape index (κ2) is 15.7. The third-order valence-electron chi connectivity index (χ3n) is 1.90. The van der Waals surface area contributed by atoms with Gasteiger partial charge in [0.1, 0.15) is 6.09 Å². The molecule has 0 saturated heterocycles. The van der Waals surface area contributed by atoms with Gasteiger partial charge in [-0.1, -0.05) is 33.1 Å². The average molecular weight is 218 g/mol. The van der Waals surface area contributed by atoms with Crippen molar-refractivity contribution in [1.29, 1.82) is 0 Å². The topological polar surface area (TPSA) is 79.8 Å². The van der Waals surface area contributed by atoms with E-state index in [0.717, 1.165) is 25.8 Å². The number of rotatable bonds is 7. The normalized spacial score (nSPS) is 9.00. The van der Waals surface area contributed by atoms with Crippen molar-refractivity contribution in [3.05, 3.63) is 0 Å². The van der Waals surface area contributed by atoms with Crippen LogP contribution in [0.4, 0.5) is 4.79 Å². The fourth-order valence-corrected chi connectivity index (χ4v) is 0.992. The van der Waals surface area contributed by atoms with Crippen LogP contribution in [-0.4, -0.2) is 19.2 Å². The molecule has 4 N–H and O–H groups in total. The van der Waals surface area contributed by atoms with Crippen molar-refractivity contribution in [2.24, 2.45) is 0 Å². The third-order valence-corrected chi connectivity index (χ3v) is 1.90. The SMILES string of the molecule is CCCCCNC(=O)[O-].CCCCC[NH3+]. The van der Waals surface area contributed by atoms with Crippen LogP contribution in [0.2, 0.25) is 0 Å². The molecule has 0 rings (SSSR count). The summed E-state index contributed by atoms with van der Waals surface area (Å²) in [5.41, 5.74) is 3.72. The Morgan fingerprint density at radius 1 is 1.13 bits per heavy atom. The molecule has 0 aliphatic carbocycles. The van der Waals surface area contributed by atoms with Gasteiger partial charge in [-0.2, -0.15) is 0 Å². The van der Waals surface area contributed by atoms with Crippen molar-refractivity contribution in [1.82, 2.24) is 5.32 Å². The lowest BCUT2D eigenvalue weighted by molar-refractivity contribution is -0.368. The molecule has 1 amide bonds. The highest BCUT2D eigenvalue weighted by atomic mass is 16.4. The molecule has 15 heavy (non-hydrogen) atoms. The van der Waals surface area contributed by atoms with E-state index in [1.165, 1.54) is 19.3 Å². The van der Waals surface area contributed by atoms with Gasteiger partial charge in [0.15, 0.2) is 0 Å². The number of amides is 1. The highest BCUT2D eigenvalue weighted by Crippen LogP contribution is 1.90. The third kappa shape index (κ3) is 24.6. The number of unbranched alkanes of at least 4 members (excludes halogenated alkanes) is 4. The zero-order valence-electron chi connectivity index (χ0n) is 10.2. The first kappa shape index (κ1) is 16.7. The van der Waals surface area contributed by atoms with E-state index in [4.69, 9.17) is 0 Å². The van der Waals surface area contributed by atoms with Crippen molar-refractivity contribution in [2.45, 2.75) is 52.4 Å². The Morgan fingerprint density at radius 2 is 1.67 bits per heavy atom. The summed E-state index contributed by atoms with van der Waals surface area (Å²) in [5.74, 6) is 0. The van der Waals surface area contributed by atoms with E-state index < -0.39 is 6.09 Å². The number of quaternary nitrogens is 1. The Balaban J connectivity index is 0. The second-order valence-electron chi connectivity index (χ2n) is 3.48. The number of carbonyl (C=O) groups is 1. The van der Waals surface area contributed by atoms with E-state index in [2.05, 4.69) is 24.9 Å². The van der Waals surface area contributed by atoms with Crippen molar-refractivity contribution in [3.8, 4) is 0 Å².